The maximum atomic E-state index is 5.18. The molecule has 0 spiro atoms. The first-order chi connectivity index (χ1) is 3.30. The number of allylic oxidation sites excluding steroid dienone is 2. The zero-order valence-corrected chi connectivity index (χ0v) is 6.31. The van der Waals surface area contributed by atoms with Gasteiger partial charge in [0.05, 0.1) is 0 Å². The minimum atomic E-state index is 0.0828. The van der Waals surface area contributed by atoms with Crippen molar-refractivity contribution in [3.05, 3.63) is 11.3 Å². The Kier molecular flexibility index (Phi) is 1.34. The minimum absolute atomic E-state index is 0.0828. The summed E-state index contributed by atoms with van der Waals surface area (Å²) >= 11 is 0.0828. The molecule has 0 atom stereocenters. The van der Waals surface area contributed by atoms with Gasteiger partial charge in [0.15, 0.2) is 0 Å². The second-order valence-corrected chi connectivity index (χ2v) is 2.93. The molecule has 0 aliphatic carbocycles. The van der Waals surface area contributed by atoms with Crippen molar-refractivity contribution in [3.8, 4) is 0 Å². The fraction of sp³-hybridized carbons (Fsp3) is 0.400. The summed E-state index contributed by atoms with van der Waals surface area (Å²) in [6.07, 6.45) is 0. The summed E-state index contributed by atoms with van der Waals surface area (Å²) in [5.41, 5.74) is 1.32. The van der Waals surface area contributed by atoms with Gasteiger partial charge in [-0.3, -0.25) is 0 Å². The van der Waals surface area contributed by atoms with E-state index >= 15 is 0 Å². The fourth-order valence-electron chi connectivity index (χ4n) is 0.347. The van der Waals surface area contributed by atoms with E-state index in [1.165, 1.54) is 5.57 Å². The molecule has 0 amide bonds. The zero-order valence-electron chi connectivity index (χ0n) is 4.43. The molecule has 1 heterocycles. The normalized spacial score (nSPS) is 20.3. The fourth-order valence-corrected chi connectivity index (χ4v) is 1.80. The SMILES string of the molecule is CC1=C(C)O[As]=C1. The Morgan fingerprint density at radius 1 is 1.57 bits per heavy atom. The van der Waals surface area contributed by atoms with Gasteiger partial charge in [0.25, 0.3) is 0 Å². The summed E-state index contributed by atoms with van der Waals surface area (Å²) in [7, 11) is 0. The van der Waals surface area contributed by atoms with E-state index in [4.69, 9.17) is 3.73 Å². The van der Waals surface area contributed by atoms with Gasteiger partial charge in [-0.05, 0) is 0 Å². The third kappa shape index (κ3) is 0.946. The average molecular weight is 158 g/mol. The van der Waals surface area contributed by atoms with Crippen molar-refractivity contribution in [1.29, 1.82) is 0 Å². The van der Waals surface area contributed by atoms with Crippen molar-refractivity contribution in [1.82, 2.24) is 0 Å². The van der Waals surface area contributed by atoms with Crippen LogP contribution in [0, 0.1) is 0 Å². The van der Waals surface area contributed by atoms with Crippen LogP contribution in [0.3, 0.4) is 0 Å². The van der Waals surface area contributed by atoms with Gasteiger partial charge in [-0.1, -0.05) is 0 Å². The van der Waals surface area contributed by atoms with Crippen LogP contribution < -0.4 is 0 Å². The Hall–Kier alpha value is -0.0316. The van der Waals surface area contributed by atoms with Crippen LogP contribution in [-0.2, 0) is 3.73 Å². The van der Waals surface area contributed by atoms with E-state index in [2.05, 4.69) is 11.7 Å². The van der Waals surface area contributed by atoms with E-state index in [-0.39, 0.29) is 15.7 Å². The summed E-state index contributed by atoms with van der Waals surface area (Å²) in [5.74, 6) is 1.11. The Bertz CT molecular complexity index is 135. The third-order valence-electron chi connectivity index (χ3n) is 0.991. The van der Waals surface area contributed by atoms with E-state index in [1.807, 2.05) is 6.92 Å². The molecule has 0 fully saturated rings. The van der Waals surface area contributed by atoms with Crippen molar-refractivity contribution < 1.29 is 3.73 Å². The van der Waals surface area contributed by atoms with E-state index in [9.17, 15) is 0 Å². The molecule has 1 aliphatic rings. The summed E-state index contributed by atoms with van der Waals surface area (Å²) in [4.78, 5) is 2.17. The predicted molar refractivity (Wildman–Crippen MR) is 31.3 cm³/mol. The molecule has 0 saturated carbocycles. The average Bonchev–Trinajstić information content (AvgIpc) is 1.91. The van der Waals surface area contributed by atoms with Crippen LogP contribution >= 0.6 is 0 Å². The monoisotopic (exact) mass is 158 g/mol. The predicted octanol–water partition coefficient (Wildman–Crippen LogP) is 0.732. The second-order valence-electron chi connectivity index (χ2n) is 1.56. The zero-order chi connectivity index (χ0) is 5.28. The molecule has 7 heavy (non-hydrogen) atoms. The van der Waals surface area contributed by atoms with Crippen molar-refractivity contribution in [2.24, 2.45) is 0 Å². The Morgan fingerprint density at radius 2 is 2.29 bits per heavy atom. The summed E-state index contributed by atoms with van der Waals surface area (Å²) < 4.78 is 5.18. The molecule has 0 bridgehead atoms. The third-order valence-corrected chi connectivity index (χ3v) is 2.82. The summed E-state index contributed by atoms with van der Waals surface area (Å²) in [6, 6.07) is 0. The van der Waals surface area contributed by atoms with E-state index in [1.54, 1.807) is 0 Å². The maximum absolute atomic E-state index is 5.18. The first-order valence-corrected chi connectivity index (χ1v) is 4.03. The van der Waals surface area contributed by atoms with Gasteiger partial charge in [0.1, 0.15) is 0 Å². The van der Waals surface area contributed by atoms with Crippen molar-refractivity contribution in [3.63, 3.8) is 0 Å². The van der Waals surface area contributed by atoms with Gasteiger partial charge in [-0.2, -0.15) is 0 Å². The van der Waals surface area contributed by atoms with E-state index in [0.717, 1.165) is 5.76 Å². The van der Waals surface area contributed by atoms with Crippen LogP contribution in [-0.4, -0.2) is 20.5 Å². The molecule has 0 saturated heterocycles. The molecule has 1 nitrogen and oxygen atoms in total. The van der Waals surface area contributed by atoms with Crippen molar-refractivity contribution in [2.45, 2.75) is 13.8 Å². The van der Waals surface area contributed by atoms with Crippen LogP contribution in [0.5, 0.6) is 0 Å². The van der Waals surface area contributed by atoms with Gasteiger partial charge < -0.3 is 0 Å². The van der Waals surface area contributed by atoms with Crippen molar-refractivity contribution in [2.75, 3.05) is 0 Å². The number of rotatable bonds is 0. The first kappa shape index (κ1) is 5.11. The van der Waals surface area contributed by atoms with Crippen LogP contribution in [0.15, 0.2) is 11.3 Å². The standard InChI is InChI=1S/C5H7AsO/c1-4-3-6-7-5(4)2/h3H,1-2H3. The molecule has 0 aromatic heterocycles. The molecular formula is C5H7AsO. The van der Waals surface area contributed by atoms with Gasteiger partial charge in [-0.15, -0.1) is 0 Å². The van der Waals surface area contributed by atoms with E-state index < -0.39 is 0 Å². The molecule has 0 aromatic carbocycles. The van der Waals surface area contributed by atoms with Crippen LogP contribution in [0.1, 0.15) is 13.8 Å². The Morgan fingerprint density at radius 3 is 2.43 bits per heavy atom. The van der Waals surface area contributed by atoms with Gasteiger partial charge in [-0.25, -0.2) is 0 Å². The molecular weight excluding hydrogens is 151 g/mol. The molecule has 1 aliphatic heterocycles. The topological polar surface area (TPSA) is 9.23 Å². The molecule has 0 radical (unpaired) electrons. The summed E-state index contributed by atoms with van der Waals surface area (Å²) in [6.45, 7) is 4.09. The second kappa shape index (κ2) is 1.83. The Labute approximate surface area is 49.9 Å². The molecule has 2 heteroatoms. The van der Waals surface area contributed by atoms with Crippen molar-refractivity contribution >= 4 is 20.5 Å². The summed E-state index contributed by atoms with van der Waals surface area (Å²) in [5, 5.41) is 0. The van der Waals surface area contributed by atoms with E-state index in [0.29, 0.717) is 0 Å². The van der Waals surface area contributed by atoms with Crippen LogP contribution in [0.2, 0.25) is 0 Å². The number of hydrogen-bond acceptors (Lipinski definition) is 1. The van der Waals surface area contributed by atoms with Crippen LogP contribution in [0.25, 0.3) is 0 Å². The molecule has 0 unspecified atom stereocenters. The van der Waals surface area contributed by atoms with Crippen LogP contribution in [0.4, 0.5) is 0 Å². The Balaban J connectivity index is 2.79. The first-order valence-electron chi connectivity index (χ1n) is 2.18. The molecule has 1 rings (SSSR count). The molecule has 0 N–H and O–H groups in total. The van der Waals surface area contributed by atoms with Gasteiger partial charge in [0, 0.05) is 0 Å². The quantitative estimate of drug-likeness (QED) is 0.472. The number of hydrogen-bond donors (Lipinski definition) is 0. The molecule has 0 aromatic rings. The molecule has 38 valence electrons. The van der Waals surface area contributed by atoms with Gasteiger partial charge >= 0.3 is 49.4 Å². The van der Waals surface area contributed by atoms with Gasteiger partial charge in [0.2, 0.25) is 0 Å².